The molecule has 0 saturated carbocycles. The van der Waals surface area contributed by atoms with Gasteiger partial charge in [-0.15, -0.1) is 0 Å². The molecule has 0 amide bonds. The van der Waals surface area contributed by atoms with Gasteiger partial charge in [0.25, 0.3) is 0 Å². The van der Waals surface area contributed by atoms with Gasteiger partial charge < -0.3 is 0 Å². The summed E-state index contributed by atoms with van der Waals surface area (Å²) >= 11 is 0. The van der Waals surface area contributed by atoms with E-state index < -0.39 is 0 Å². The van der Waals surface area contributed by atoms with E-state index in [1.807, 2.05) is 6.21 Å². The molecule has 0 spiro atoms. The van der Waals surface area contributed by atoms with E-state index >= 15 is 0 Å². The van der Waals surface area contributed by atoms with E-state index in [-0.39, 0.29) is 16.5 Å². The molecule has 208 valence electrons. The number of hydrogen-bond acceptors (Lipinski definition) is 2. The van der Waals surface area contributed by atoms with Crippen molar-refractivity contribution in [3.63, 3.8) is 0 Å². The van der Waals surface area contributed by atoms with Crippen LogP contribution >= 0.6 is 0 Å². The van der Waals surface area contributed by atoms with Crippen LogP contribution in [-0.2, 0) is 42.2 Å². The summed E-state index contributed by atoms with van der Waals surface area (Å²) in [5, 5.41) is 0. The molecule has 2 rings (SSSR count). The monoisotopic (exact) mass is 546 g/mol. The largest absolute Gasteiger partial charge is 0.255 e. The molecule has 0 aliphatic carbocycles. The van der Waals surface area contributed by atoms with Crippen LogP contribution in [0.1, 0.15) is 128 Å². The Morgan fingerprint density at radius 2 is 1.00 bits per heavy atom. The van der Waals surface area contributed by atoms with Crippen molar-refractivity contribution < 1.29 is 16.5 Å². The first-order valence-corrected chi connectivity index (χ1v) is 15.0. The number of rotatable bonds is 18. The molecule has 37 heavy (non-hydrogen) atoms. The molecule has 0 N–H and O–H groups in total. The van der Waals surface area contributed by atoms with E-state index in [1.165, 1.54) is 86.5 Å². The van der Waals surface area contributed by atoms with Crippen LogP contribution in [0.5, 0.6) is 0 Å². The maximum Gasteiger partial charge on any atom is 0.0636 e. The average molecular weight is 547 g/mol. The Bertz CT molecular complexity index is 945. The average Bonchev–Trinajstić information content (AvgIpc) is 2.90. The third-order valence-electron chi connectivity index (χ3n) is 7.00. The minimum Gasteiger partial charge on any atom is -0.255 e. The number of nitrogens with zero attached hydrogens (tertiary/aromatic N) is 2. The van der Waals surface area contributed by atoms with E-state index in [1.54, 1.807) is 0 Å². The van der Waals surface area contributed by atoms with Crippen LogP contribution in [0.25, 0.3) is 0 Å². The third kappa shape index (κ3) is 12.6. The smallest absolute Gasteiger partial charge is 0.0636 e. The zero-order chi connectivity index (χ0) is 26.0. The molecule has 0 aromatic heterocycles. The van der Waals surface area contributed by atoms with Crippen molar-refractivity contribution in [2.24, 2.45) is 9.98 Å². The number of benzene rings is 2. The maximum atomic E-state index is 5.10. The van der Waals surface area contributed by atoms with Crippen molar-refractivity contribution in [2.45, 2.75) is 131 Å². The fraction of sp³-hybridized carbons (Fsp3) is 0.588. The summed E-state index contributed by atoms with van der Waals surface area (Å²) in [6.07, 6.45) is 19.9. The molecule has 0 bridgehead atoms. The Balaban J connectivity index is 0.00000684. The second-order valence-corrected chi connectivity index (χ2v) is 10.3. The summed E-state index contributed by atoms with van der Waals surface area (Å²) < 4.78 is 0. The van der Waals surface area contributed by atoms with Crippen molar-refractivity contribution in [3.8, 4) is 0 Å². The zero-order valence-corrected chi connectivity index (χ0v) is 25.3. The predicted molar refractivity (Wildman–Crippen MR) is 162 cm³/mol. The van der Waals surface area contributed by atoms with Crippen LogP contribution in [-0.4, -0.2) is 11.9 Å². The van der Waals surface area contributed by atoms with Gasteiger partial charge in [0.05, 0.1) is 17.1 Å². The second-order valence-electron chi connectivity index (χ2n) is 10.3. The van der Waals surface area contributed by atoms with Gasteiger partial charge in [-0.1, -0.05) is 78.9 Å². The SMILES string of the molecule is CCCCC(/C=N/c1ccc(CCCC)c(CCCC)c1)=N\c1ccc(CCCC)c(CCCC)c1.[Ni]. The normalized spacial score (nSPS) is 11.8. The molecule has 0 heterocycles. The molecule has 2 aromatic carbocycles. The van der Waals surface area contributed by atoms with Crippen molar-refractivity contribution in [2.75, 3.05) is 0 Å². The molecule has 0 aliphatic heterocycles. The number of unbranched alkanes of at least 4 members (excludes halogenated alkanes) is 5. The Kier molecular flexibility index (Phi) is 18.2. The molecule has 2 aromatic rings. The van der Waals surface area contributed by atoms with E-state index in [0.29, 0.717) is 0 Å². The van der Waals surface area contributed by atoms with E-state index in [0.717, 1.165) is 49.2 Å². The van der Waals surface area contributed by atoms with Crippen LogP contribution < -0.4 is 0 Å². The van der Waals surface area contributed by atoms with Gasteiger partial charge in [0.15, 0.2) is 0 Å². The number of aryl methyl sites for hydroxylation is 4. The molecule has 0 unspecified atom stereocenters. The standard InChI is InChI=1S/C34H52N2.Ni/c1-6-11-16-28-21-23-32(25-30(28)18-13-8-3)35-27-34(20-15-10-5)36-33-24-22-29(17-12-7-2)31(26-33)19-14-9-4;/h21-27H,6-20H2,1-5H3;/b35-27+,36-34+;. The summed E-state index contributed by atoms with van der Waals surface area (Å²) in [7, 11) is 0. The summed E-state index contributed by atoms with van der Waals surface area (Å²) in [6, 6.07) is 13.7. The van der Waals surface area contributed by atoms with Gasteiger partial charge in [0, 0.05) is 22.7 Å². The zero-order valence-electron chi connectivity index (χ0n) is 24.4. The summed E-state index contributed by atoms with van der Waals surface area (Å²) in [6.45, 7) is 11.3. The van der Waals surface area contributed by atoms with Crippen LogP contribution in [0.2, 0.25) is 0 Å². The quantitative estimate of drug-likeness (QED) is 0.131. The minimum absolute atomic E-state index is 0. The summed E-state index contributed by atoms with van der Waals surface area (Å²) in [5.41, 5.74) is 9.21. The molecular weight excluding hydrogens is 495 g/mol. The van der Waals surface area contributed by atoms with E-state index in [2.05, 4.69) is 71.0 Å². The molecule has 0 fully saturated rings. The molecule has 0 saturated heterocycles. The van der Waals surface area contributed by atoms with Crippen molar-refractivity contribution >= 4 is 23.3 Å². The summed E-state index contributed by atoms with van der Waals surface area (Å²) in [4.78, 5) is 10.0. The van der Waals surface area contributed by atoms with Gasteiger partial charge in [0.2, 0.25) is 0 Å². The Morgan fingerprint density at radius 3 is 1.49 bits per heavy atom. The molecule has 3 heteroatoms. The predicted octanol–water partition coefficient (Wildman–Crippen LogP) is 10.7. The fourth-order valence-corrected chi connectivity index (χ4v) is 4.62. The molecular formula is C34H52N2Ni. The van der Waals surface area contributed by atoms with Gasteiger partial charge in [-0.25, -0.2) is 0 Å². The first-order chi connectivity index (χ1) is 17.6. The Morgan fingerprint density at radius 1 is 0.568 bits per heavy atom. The van der Waals surface area contributed by atoms with E-state index in [9.17, 15) is 0 Å². The first kappa shape index (κ1) is 33.3. The summed E-state index contributed by atoms with van der Waals surface area (Å²) in [5.74, 6) is 0. The van der Waals surface area contributed by atoms with Gasteiger partial charge in [-0.05, 0) is 111 Å². The second kappa shape index (κ2) is 20.3. The molecule has 2 nitrogen and oxygen atoms in total. The van der Waals surface area contributed by atoms with Crippen LogP contribution in [0.15, 0.2) is 46.4 Å². The Labute approximate surface area is 238 Å². The first-order valence-electron chi connectivity index (χ1n) is 15.0. The fourth-order valence-electron chi connectivity index (χ4n) is 4.62. The minimum atomic E-state index is 0. The van der Waals surface area contributed by atoms with Crippen LogP contribution in [0, 0.1) is 0 Å². The van der Waals surface area contributed by atoms with Gasteiger partial charge >= 0.3 is 0 Å². The van der Waals surface area contributed by atoms with Gasteiger partial charge in [0.1, 0.15) is 0 Å². The van der Waals surface area contributed by atoms with E-state index in [4.69, 9.17) is 9.98 Å². The number of hydrogen-bond donors (Lipinski definition) is 0. The molecule has 0 radical (unpaired) electrons. The Hall–Kier alpha value is -1.73. The van der Waals surface area contributed by atoms with Crippen LogP contribution in [0.4, 0.5) is 11.4 Å². The third-order valence-corrected chi connectivity index (χ3v) is 7.00. The van der Waals surface area contributed by atoms with Gasteiger partial charge in [-0.2, -0.15) is 0 Å². The molecule has 0 aliphatic rings. The van der Waals surface area contributed by atoms with Crippen molar-refractivity contribution in [3.05, 3.63) is 58.7 Å². The van der Waals surface area contributed by atoms with Gasteiger partial charge in [-0.3, -0.25) is 9.98 Å². The maximum absolute atomic E-state index is 5.10. The molecule has 0 atom stereocenters. The van der Waals surface area contributed by atoms with Crippen LogP contribution in [0.3, 0.4) is 0 Å². The number of aliphatic imine (C=N–C) groups is 2. The van der Waals surface area contributed by atoms with Crippen molar-refractivity contribution in [1.29, 1.82) is 0 Å². The van der Waals surface area contributed by atoms with Crippen molar-refractivity contribution in [1.82, 2.24) is 0 Å². The topological polar surface area (TPSA) is 24.7 Å².